The van der Waals surface area contributed by atoms with Gasteiger partial charge in [0.15, 0.2) is 0 Å². The molecule has 2 aliphatic heterocycles. The Bertz CT molecular complexity index is 585. The average molecular weight is 301 g/mol. The van der Waals surface area contributed by atoms with Crippen molar-refractivity contribution in [2.24, 2.45) is 0 Å². The lowest BCUT2D eigenvalue weighted by atomic mass is 9.98. The van der Waals surface area contributed by atoms with Gasteiger partial charge in [0.25, 0.3) is 0 Å². The summed E-state index contributed by atoms with van der Waals surface area (Å²) in [6.45, 7) is 2.14. The molecule has 0 bridgehead atoms. The zero-order valence-corrected chi connectivity index (χ0v) is 12.9. The van der Waals surface area contributed by atoms with Crippen molar-refractivity contribution in [3.63, 3.8) is 0 Å². The number of anilines is 2. The van der Waals surface area contributed by atoms with Crippen molar-refractivity contribution in [3.05, 3.63) is 23.8 Å². The number of benzene rings is 1. The van der Waals surface area contributed by atoms with E-state index in [9.17, 15) is 9.59 Å². The normalized spacial score (nSPS) is 22.3. The Morgan fingerprint density at radius 1 is 1.23 bits per heavy atom. The van der Waals surface area contributed by atoms with Crippen molar-refractivity contribution in [1.29, 1.82) is 0 Å². The zero-order valence-electron chi connectivity index (χ0n) is 12.9. The third-order valence-corrected chi connectivity index (χ3v) is 4.37. The molecule has 2 unspecified atom stereocenters. The Balaban J connectivity index is 1.58. The van der Waals surface area contributed by atoms with Crippen molar-refractivity contribution in [1.82, 2.24) is 5.32 Å². The van der Waals surface area contributed by atoms with Crippen LogP contribution in [0.25, 0.3) is 0 Å². The van der Waals surface area contributed by atoms with E-state index in [2.05, 4.69) is 28.9 Å². The van der Waals surface area contributed by atoms with Crippen molar-refractivity contribution in [2.75, 3.05) is 10.6 Å². The maximum absolute atomic E-state index is 11.4. The third kappa shape index (κ3) is 3.59. The van der Waals surface area contributed by atoms with Crippen LogP contribution >= 0.6 is 0 Å². The Morgan fingerprint density at radius 3 is 2.91 bits per heavy atom. The standard InChI is InChI=1S/C17H23N3O2/c1-11(9-13-3-2-4-16(21)19-13)18-14-6-7-15-12(10-14)5-8-17(22)20-15/h6-7,10-11,13,18H,2-5,8-9H2,1H3,(H,19,21)(H,20,22). The molecular weight excluding hydrogens is 278 g/mol. The smallest absolute Gasteiger partial charge is 0.224 e. The minimum Gasteiger partial charge on any atom is -0.383 e. The van der Waals surface area contributed by atoms with E-state index in [-0.39, 0.29) is 17.9 Å². The molecule has 1 fully saturated rings. The van der Waals surface area contributed by atoms with Crippen molar-refractivity contribution in [3.8, 4) is 0 Å². The van der Waals surface area contributed by atoms with Crippen molar-refractivity contribution in [2.45, 2.75) is 57.5 Å². The highest BCUT2D eigenvalue weighted by Crippen LogP contribution is 2.26. The zero-order chi connectivity index (χ0) is 15.5. The maximum atomic E-state index is 11.4. The van der Waals surface area contributed by atoms with Crippen LogP contribution in [0.15, 0.2) is 18.2 Å². The molecular formula is C17H23N3O2. The Labute approximate surface area is 130 Å². The summed E-state index contributed by atoms with van der Waals surface area (Å²) in [6.07, 6.45) is 4.99. The summed E-state index contributed by atoms with van der Waals surface area (Å²) in [4.78, 5) is 22.8. The molecule has 2 amide bonds. The van der Waals surface area contributed by atoms with Crippen LogP contribution in [0.3, 0.4) is 0 Å². The number of fused-ring (bicyclic) bond motifs is 1. The topological polar surface area (TPSA) is 70.2 Å². The number of amides is 2. The van der Waals surface area contributed by atoms with E-state index in [1.54, 1.807) is 0 Å². The maximum Gasteiger partial charge on any atom is 0.224 e. The van der Waals surface area contributed by atoms with Gasteiger partial charge in [-0.05, 0) is 56.4 Å². The van der Waals surface area contributed by atoms with E-state index in [0.717, 1.165) is 37.1 Å². The van der Waals surface area contributed by atoms with Gasteiger partial charge in [-0.3, -0.25) is 9.59 Å². The van der Waals surface area contributed by atoms with Crippen LogP contribution in [0.4, 0.5) is 11.4 Å². The molecule has 118 valence electrons. The summed E-state index contributed by atoms with van der Waals surface area (Å²) in [7, 11) is 0. The van der Waals surface area contributed by atoms with Gasteiger partial charge >= 0.3 is 0 Å². The molecule has 3 N–H and O–H groups in total. The number of carbonyl (C=O) groups excluding carboxylic acids is 2. The number of hydrogen-bond acceptors (Lipinski definition) is 3. The van der Waals surface area contributed by atoms with Crippen LogP contribution in [0.1, 0.15) is 44.6 Å². The minimum atomic E-state index is 0.0922. The summed E-state index contributed by atoms with van der Waals surface area (Å²) >= 11 is 0. The Hall–Kier alpha value is -2.04. The summed E-state index contributed by atoms with van der Waals surface area (Å²) in [6, 6.07) is 6.65. The first kappa shape index (κ1) is 14.9. The van der Waals surface area contributed by atoms with E-state index < -0.39 is 0 Å². The quantitative estimate of drug-likeness (QED) is 0.800. The van der Waals surface area contributed by atoms with E-state index in [4.69, 9.17) is 0 Å². The summed E-state index contributed by atoms with van der Waals surface area (Å²) < 4.78 is 0. The average Bonchev–Trinajstić information content (AvgIpc) is 2.47. The first-order valence-electron chi connectivity index (χ1n) is 8.09. The molecule has 0 radical (unpaired) electrons. The summed E-state index contributed by atoms with van der Waals surface area (Å²) in [5, 5.41) is 9.46. The molecule has 5 nitrogen and oxygen atoms in total. The molecule has 1 saturated heterocycles. The highest BCUT2D eigenvalue weighted by atomic mass is 16.2. The van der Waals surface area contributed by atoms with Gasteiger partial charge in [0.1, 0.15) is 0 Å². The predicted octanol–water partition coefficient (Wildman–Crippen LogP) is 2.43. The molecule has 0 aliphatic carbocycles. The van der Waals surface area contributed by atoms with Gasteiger partial charge in [0, 0.05) is 36.3 Å². The predicted molar refractivity (Wildman–Crippen MR) is 86.9 cm³/mol. The first-order valence-corrected chi connectivity index (χ1v) is 8.09. The number of piperidine rings is 1. The minimum absolute atomic E-state index is 0.0922. The number of rotatable bonds is 4. The number of carbonyl (C=O) groups is 2. The van der Waals surface area contributed by atoms with Gasteiger partial charge in [-0.2, -0.15) is 0 Å². The van der Waals surface area contributed by atoms with Gasteiger partial charge in [0.05, 0.1) is 0 Å². The molecule has 1 aromatic rings. The monoisotopic (exact) mass is 301 g/mol. The highest BCUT2D eigenvalue weighted by molar-refractivity contribution is 5.94. The van der Waals surface area contributed by atoms with Crippen LogP contribution in [0.5, 0.6) is 0 Å². The fourth-order valence-corrected chi connectivity index (χ4v) is 3.30. The Morgan fingerprint density at radius 2 is 2.09 bits per heavy atom. The van der Waals surface area contributed by atoms with E-state index in [1.807, 2.05) is 12.1 Å². The number of nitrogens with one attached hydrogen (secondary N) is 3. The number of aryl methyl sites for hydroxylation is 1. The van der Waals surface area contributed by atoms with E-state index in [1.165, 1.54) is 5.56 Å². The van der Waals surface area contributed by atoms with Gasteiger partial charge in [-0.25, -0.2) is 0 Å². The lowest BCUT2D eigenvalue weighted by Gasteiger charge is -2.27. The van der Waals surface area contributed by atoms with Crippen LogP contribution in [0, 0.1) is 0 Å². The molecule has 2 aliphatic rings. The lowest BCUT2D eigenvalue weighted by molar-refractivity contribution is -0.123. The molecule has 0 aromatic heterocycles. The molecule has 2 atom stereocenters. The molecule has 1 aromatic carbocycles. The second-order valence-electron chi connectivity index (χ2n) is 6.36. The molecule has 2 heterocycles. The van der Waals surface area contributed by atoms with E-state index >= 15 is 0 Å². The van der Waals surface area contributed by atoms with Gasteiger partial charge in [-0.1, -0.05) is 0 Å². The third-order valence-electron chi connectivity index (χ3n) is 4.37. The summed E-state index contributed by atoms with van der Waals surface area (Å²) in [5.41, 5.74) is 3.18. The van der Waals surface area contributed by atoms with Gasteiger partial charge in [0.2, 0.25) is 11.8 Å². The Kier molecular flexibility index (Phi) is 4.32. The molecule has 3 rings (SSSR count). The first-order chi connectivity index (χ1) is 10.6. The van der Waals surface area contributed by atoms with Crippen LogP contribution in [-0.4, -0.2) is 23.9 Å². The second-order valence-corrected chi connectivity index (χ2v) is 6.36. The van der Waals surface area contributed by atoms with E-state index in [0.29, 0.717) is 18.9 Å². The SMILES string of the molecule is CC(CC1CCCC(=O)N1)Nc1ccc2c(c1)CCC(=O)N2. The van der Waals surface area contributed by atoms with Gasteiger partial charge < -0.3 is 16.0 Å². The lowest BCUT2D eigenvalue weighted by Crippen LogP contribution is -2.41. The van der Waals surface area contributed by atoms with Crippen molar-refractivity contribution < 1.29 is 9.59 Å². The molecule has 22 heavy (non-hydrogen) atoms. The van der Waals surface area contributed by atoms with Gasteiger partial charge in [-0.15, -0.1) is 0 Å². The second kappa shape index (κ2) is 6.38. The van der Waals surface area contributed by atoms with Crippen LogP contribution < -0.4 is 16.0 Å². The molecule has 0 spiro atoms. The fourth-order valence-electron chi connectivity index (χ4n) is 3.30. The molecule has 0 saturated carbocycles. The van der Waals surface area contributed by atoms with Crippen molar-refractivity contribution >= 4 is 23.2 Å². The largest absolute Gasteiger partial charge is 0.383 e. The fraction of sp³-hybridized carbons (Fsp3) is 0.529. The van der Waals surface area contributed by atoms with Crippen LogP contribution in [0.2, 0.25) is 0 Å². The summed E-state index contributed by atoms with van der Waals surface area (Å²) in [5.74, 6) is 0.266. The molecule has 5 heteroatoms. The highest BCUT2D eigenvalue weighted by Gasteiger charge is 2.20. The van der Waals surface area contributed by atoms with Crippen LogP contribution in [-0.2, 0) is 16.0 Å². The number of hydrogen-bond donors (Lipinski definition) is 3.